The topological polar surface area (TPSA) is 80.0 Å². The molecule has 20 heavy (non-hydrogen) atoms. The van der Waals surface area contributed by atoms with Crippen LogP contribution in [0.15, 0.2) is 22.9 Å². The van der Waals surface area contributed by atoms with E-state index in [4.69, 9.17) is 0 Å². The Hall–Kier alpha value is -1.89. The summed E-state index contributed by atoms with van der Waals surface area (Å²) in [6, 6.07) is 1.53. The first-order valence-corrected chi connectivity index (χ1v) is 6.94. The van der Waals surface area contributed by atoms with Crippen molar-refractivity contribution in [2.24, 2.45) is 7.05 Å². The third-order valence-corrected chi connectivity index (χ3v) is 3.29. The number of nitrogens with zero attached hydrogens (tertiary/aromatic N) is 3. The normalized spacial score (nSPS) is 10.6. The number of nitrogens with one attached hydrogen (secondary N) is 1. The fourth-order valence-corrected chi connectivity index (χ4v) is 2.28. The Morgan fingerprint density at radius 2 is 2.30 bits per heavy atom. The molecular weight excluding hydrogens is 324 g/mol. The van der Waals surface area contributed by atoms with Crippen LogP contribution < -0.4 is 5.32 Å². The molecule has 0 spiro atoms. The predicted octanol–water partition coefficient (Wildman–Crippen LogP) is 2.45. The lowest BCUT2D eigenvalue weighted by molar-refractivity contribution is 0.0697. The van der Waals surface area contributed by atoms with E-state index in [1.165, 1.54) is 6.07 Å². The maximum absolute atomic E-state index is 11.2. The molecule has 0 amide bonds. The monoisotopic (exact) mass is 338 g/mol. The summed E-state index contributed by atoms with van der Waals surface area (Å²) in [7, 11) is 1.86. The second-order valence-corrected chi connectivity index (χ2v) is 5.25. The van der Waals surface area contributed by atoms with E-state index in [0.717, 1.165) is 17.7 Å². The van der Waals surface area contributed by atoms with Gasteiger partial charge in [0.05, 0.1) is 5.69 Å². The molecule has 0 radical (unpaired) electrons. The van der Waals surface area contributed by atoms with Crippen molar-refractivity contribution in [2.75, 3.05) is 5.32 Å². The molecule has 7 heteroatoms. The smallest absolute Gasteiger partial charge is 0.339 e. The molecule has 6 nitrogen and oxygen atoms in total. The van der Waals surface area contributed by atoms with Crippen molar-refractivity contribution in [1.82, 2.24) is 14.8 Å². The molecule has 2 aromatic rings. The largest absolute Gasteiger partial charge is 0.478 e. The van der Waals surface area contributed by atoms with Gasteiger partial charge in [0.1, 0.15) is 11.4 Å². The highest BCUT2D eigenvalue weighted by atomic mass is 79.9. The van der Waals surface area contributed by atoms with E-state index < -0.39 is 5.97 Å². The van der Waals surface area contributed by atoms with E-state index in [-0.39, 0.29) is 5.56 Å². The summed E-state index contributed by atoms with van der Waals surface area (Å²) in [6.07, 6.45) is 4.32. The molecule has 0 fully saturated rings. The molecule has 0 aromatic carbocycles. The van der Waals surface area contributed by atoms with Gasteiger partial charge in [-0.2, -0.15) is 5.10 Å². The van der Waals surface area contributed by atoms with Gasteiger partial charge in [0, 0.05) is 36.0 Å². The Bertz CT molecular complexity index is 639. The number of anilines is 1. The van der Waals surface area contributed by atoms with E-state index in [1.807, 2.05) is 20.2 Å². The molecule has 0 aliphatic carbocycles. The van der Waals surface area contributed by atoms with Crippen LogP contribution >= 0.6 is 15.9 Å². The molecule has 2 aromatic heterocycles. The number of rotatable bonds is 5. The maximum Gasteiger partial charge on any atom is 0.339 e. The van der Waals surface area contributed by atoms with Gasteiger partial charge >= 0.3 is 5.97 Å². The van der Waals surface area contributed by atoms with Crippen molar-refractivity contribution in [3.05, 3.63) is 39.8 Å². The Kier molecular flexibility index (Phi) is 4.39. The maximum atomic E-state index is 11.2. The molecule has 2 rings (SSSR count). The minimum atomic E-state index is -1.01. The van der Waals surface area contributed by atoms with Gasteiger partial charge in [-0.15, -0.1) is 0 Å². The van der Waals surface area contributed by atoms with Crippen LogP contribution in [-0.4, -0.2) is 25.8 Å². The Balaban J connectivity index is 2.20. The number of pyridine rings is 1. The zero-order valence-corrected chi connectivity index (χ0v) is 12.8. The van der Waals surface area contributed by atoms with Crippen molar-refractivity contribution < 1.29 is 9.90 Å². The van der Waals surface area contributed by atoms with Crippen molar-refractivity contribution in [3.8, 4) is 0 Å². The first-order chi connectivity index (χ1) is 9.51. The van der Waals surface area contributed by atoms with Crippen molar-refractivity contribution in [2.45, 2.75) is 19.9 Å². The number of aryl methyl sites for hydroxylation is 2. The van der Waals surface area contributed by atoms with Gasteiger partial charge in [-0.1, -0.05) is 6.92 Å². The lowest BCUT2D eigenvalue weighted by Crippen LogP contribution is -2.09. The Labute approximate surface area is 125 Å². The van der Waals surface area contributed by atoms with Gasteiger partial charge in [-0.05, 0) is 28.4 Å². The molecule has 0 bridgehead atoms. The number of carboxylic acids is 1. The van der Waals surface area contributed by atoms with Crippen LogP contribution in [0.5, 0.6) is 0 Å². The van der Waals surface area contributed by atoms with Gasteiger partial charge in [0.15, 0.2) is 0 Å². The summed E-state index contributed by atoms with van der Waals surface area (Å²) in [4.78, 5) is 15.3. The number of aromatic carboxylic acids is 1. The summed E-state index contributed by atoms with van der Waals surface area (Å²) >= 11 is 3.22. The number of hydrogen-bond acceptors (Lipinski definition) is 4. The summed E-state index contributed by atoms with van der Waals surface area (Å²) in [5.74, 6) is -0.658. The highest BCUT2D eigenvalue weighted by Gasteiger charge is 2.13. The van der Waals surface area contributed by atoms with Gasteiger partial charge in [-0.25, -0.2) is 9.78 Å². The quantitative estimate of drug-likeness (QED) is 0.875. The van der Waals surface area contributed by atoms with Gasteiger partial charge in [0.2, 0.25) is 0 Å². The van der Waals surface area contributed by atoms with Crippen LogP contribution in [0.4, 0.5) is 5.82 Å². The Morgan fingerprint density at radius 3 is 2.95 bits per heavy atom. The third kappa shape index (κ3) is 3.16. The minimum absolute atomic E-state index is 0.140. The van der Waals surface area contributed by atoms with Crippen molar-refractivity contribution >= 4 is 27.7 Å². The predicted molar refractivity (Wildman–Crippen MR) is 78.8 cm³/mol. The molecule has 2 N–H and O–H groups in total. The van der Waals surface area contributed by atoms with E-state index >= 15 is 0 Å². The number of hydrogen-bond donors (Lipinski definition) is 2. The summed E-state index contributed by atoms with van der Waals surface area (Å²) in [5, 5.41) is 16.6. The van der Waals surface area contributed by atoms with Crippen molar-refractivity contribution in [1.29, 1.82) is 0 Å². The fraction of sp³-hybridized carbons (Fsp3) is 0.308. The molecule has 106 valence electrons. The highest BCUT2D eigenvalue weighted by Crippen LogP contribution is 2.19. The highest BCUT2D eigenvalue weighted by molar-refractivity contribution is 9.10. The minimum Gasteiger partial charge on any atom is -0.478 e. The van der Waals surface area contributed by atoms with Crippen LogP contribution in [-0.2, 0) is 20.0 Å². The van der Waals surface area contributed by atoms with Gasteiger partial charge < -0.3 is 10.4 Å². The molecule has 0 atom stereocenters. The molecule has 0 saturated carbocycles. The van der Waals surface area contributed by atoms with Gasteiger partial charge in [0.25, 0.3) is 0 Å². The van der Waals surface area contributed by atoms with E-state index in [2.05, 4.69) is 31.3 Å². The lowest BCUT2D eigenvalue weighted by Gasteiger charge is -2.08. The second-order valence-electron chi connectivity index (χ2n) is 4.34. The fourth-order valence-electron chi connectivity index (χ4n) is 1.95. The van der Waals surface area contributed by atoms with E-state index in [1.54, 1.807) is 10.9 Å². The number of carboxylic acid groups (broad SMARTS) is 1. The standard InChI is InChI=1S/C13H15BrN4O2/c1-3-11-8(7-18(2)17-11)5-15-12-10(13(19)20)4-9(14)6-16-12/h4,6-7H,3,5H2,1-2H3,(H,15,16)(H,19,20). The molecule has 0 aliphatic rings. The van der Waals surface area contributed by atoms with Crippen LogP contribution in [0.2, 0.25) is 0 Å². The Morgan fingerprint density at radius 1 is 1.55 bits per heavy atom. The van der Waals surface area contributed by atoms with Crippen LogP contribution in [0.1, 0.15) is 28.5 Å². The molecule has 0 aliphatic heterocycles. The number of halogens is 1. The van der Waals surface area contributed by atoms with E-state index in [0.29, 0.717) is 16.8 Å². The average Bonchev–Trinajstić information content (AvgIpc) is 2.77. The molecule has 0 unspecified atom stereocenters. The van der Waals surface area contributed by atoms with Crippen LogP contribution in [0.3, 0.4) is 0 Å². The average molecular weight is 339 g/mol. The van der Waals surface area contributed by atoms with E-state index in [9.17, 15) is 9.90 Å². The summed E-state index contributed by atoms with van der Waals surface area (Å²) in [6.45, 7) is 2.53. The SMILES string of the molecule is CCc1nn(C)cc1CNc1ncc(Br)cc1C(=O)O. The lowest BCUT2D eigenvalue weighted by atomic mass is 10.2. The summed E-state index contributed by atoms with van der Waals surface area (Å²) < 4.78 is 2.39. The second kappa shape index (κ2) is 6.04. The van der Waals surface area contributed by atoms with Crippen LogP contribution in [0, 0.1) is 0 Å². The summed E-state index contributed by atoms with van der Waals surface area (Å²) in [5.41, 5.74) is 2.17. The molecular formula is C13H15BrN4O2. The van der Waals surface area contributed by atoms with Crippen LogP contribution in [0.25, 0.3) is 0 Å². The molecule has 2 heterocycles. The van der Waals surface area contributed by atoms with Gasteiger partial charge in [-0.3, -0.25) is 4.68 Å². The molecule has 0 saturated heterocycles. The zero-order valence-electron chi connectivity index (χ0n) is 11.2. The third-order valence-electron chi connectivity index (χ3n) is 2.86. The number of aromatic nitrogens is 3. The first-order valence-electron chi connectivity index (χ1n) is 6.15. The number of carbonyl (C=O) groups is 1. The zero-order chi connectivity index (χ0) is 14.7. The first kappa shape index (κ1) is 14.5. The van der Waals surface area contributed by atoms with Crippen molar-refractivity contribution in [3.63, 3.8) is 0 Å².